The van der Waals surface area contributed by atoms with Gasteiger partial charge in [-0.3, -0.25) is 9.10 Å². The van der Waals surface area contributed by atoms with Gasteiger partial charge in [-0.25, -0.2) is 13.8 Å². The van der Waals surface area contributed by atoms with E-state index in [9.17, 15) is 13.2 Å². The molecular formula is C29H25BrClN3O3S. The van der Waals surface area contributed by atoms with E-state index in [2.05, 4.69) is 26.5 Å². The Morgan fingerprint density at radius 1 is 0.921 bits per heavy atom. The van der Waals surface area contributed by atoms with E-state index in [0.29, 0.717) is 33.1 Å². The molecule has 9 heteroatoms. The fourth-order valence-corrected chi connectivity index (χ4v) is 5.89. The van der Waals surface area contributed by atoms with Crippen LogP contribution in [0, 0.1) is 6.92 Å². The quantitative estimate of drug-likeness (QED) is 0.173. The van der Waals surface area contributed by atoms with Gasteiger partial charge in [-0.2, -0.15) is 5.10 Å². The first-order valence-corrected chi connectivity index (χ1v) is 14.3. The number of carbonyl (C=O) groups is 1. The number of halogens is 2. The maximum Gasteiger partial charge on any atom is 0.271 e. The van der Waals surface area contributed by atoms with Gasteiger partial charge in [0, 0.05) is 15.1 Å². The van der Waals surface area contributed by atoms with Crippen molar-refractivity contribution < 1.29 is 13.2 Å². The zero-order valence-electron chi connectivity index (χ0n) is 20.7. The number of carbonyl (C=O) groups excluding carboxylic acids is 1. The number of nitrogens with zero attached hydrogens (tertiary/aromatic N) is 2. The lowest BCUT2D eigenvalue weighted by Gasteiger charge is -2.26. The lowest BCUT2D eigenvalue weighted by molar-refractivity contribution is 0.0955. The molecule has 0 aliphatic heterocycles. The lowest BCUT2D eigenvalue weighted by Crippen LogP contribution is -2.31. The van der Waals surface area contributed by atoms with Crippen LogP contribution in [0.5, 0.6) is 0 Å². The molecule has 4 aromatic carbocycles. The van der Waals surface area contributed by atoms with Crippen molar-refractivity contribution in [1.82, 2.24) is 5.43 Å². The maximum absolute atomic E-state index is 13.7. The van der Waals surface area contributed by atoms with Gasteiger partial charge in [0.2, 0.25) is 0 Å². The number of hydrogen-bond donors (Lipinski definition) is 1. The summed E-state index contributed by atoms with van der Waals surface area (Å²) >= 11 is 9.76. The van der Waals surface area contributed by atoms with Gasteiger partial charge >= 0.3 is 0 Å². The van der Waals surface area contributed by atoms with Gasteiger partial charge in [0.1, 0.15) is 0 Å². The van der Waals surface area contributed by atoms with Crippen LogP contribution in [0.4, 0.5) is 5.69 Å². The summed E-state index contributed by atoms with van der Waals surface area (Å²) in [5.74, 6) is -0.370. The average Bonchev–Trinajstić information content (AvgIpc) is 2.92. The van der Waals surface area contributed by atoms with Gasteiger partial charge in [0.25, 0.3) is 15.9 Å². The number of benzene rings is 4. The monoisotopic (exact) mass is 609 g/mol. The van der Waals surface area contributed by atoms with Crippen molar-refractivity contribution in [1.29, 1.82) is 0 Å². The van der Waals surface area contributed by atoms with Gasteiger partial charge in [-0.15, -0.1) is 0 Å². The molecule has 0 saturated heterocycles. The standard InChI is InChI=1S/C29H25BrClN3O3S/c1-20-27(31)12-7-13-28(20)34(38(36,37)26-10-4-3-5-11-26)19-22-14-16-23(17-15-22)29(35)33-32-21(2)24-8-6-9-25(30)18-24/h3-18H,19H2,1-2H3,(H,33,35)/b32-21-. The van der Waals surface area contributed by atoms with E-state index in [1.54, 1.807) is 79.7 Å². The van der Waals surface area contributed by atoms with Crippen LogP contribution in [0.15, 0.2) is 112 Å². The highest BCUT2D eigenvalue weighted by molar-refractivity contribution is 9.10. The molecule has 0 saturated carbocycles. The minimum atomic E-state index is -3.89. The van der Waals surface area contributed by atoms with Crippen molar-refractivity contribution in [2.45, 2.75) is 25.3 Å². The molecule has 0 heterocycles. The minimum absolute atomic E-state index is 0.0560. The summed E-state index contributed by atoms with van der Waals surface area (Å²) in [5.41, 5.74) is 6.36. The molecule has 1 N–H and O–H groups in total. The Hall–Kier alpha value is -3.46. The SMILES string of the molecule is C/C(=N/NC(=O)c1ccc(CN(c2cccc(Cl)c2C)S(=O)(=O)c2ccccc2)cc1)c1cccc(Br)c1. The molecular weight excluding hydrogens is 586 g/mol. The molecule has 0 fully saturated rings. The van der Waals surface area contributed by atoms with Crippen molar-refractivity contribution >= 4 is 54.9 Å². The highest BCUT2D eigenvalue weighted by Crippen LogP contribution is 2.32. The molecule has 6 nitrogen and oxygen atoms in total. The zero-order valence-corrected chi connectivity index (χ0v) is 23.9. The van der Waals surface area contributed by atoms with E-state index in [1.165, 1.54) is 4.31 Å². The van der Waals surface area contributed by atoms with Crippen LogP contribution in [-0.2, 0) is 16.6 Å². The normalized spacial score (nSPS) is 11.7. The third-order valence-corrected chi connectivity index (χ3v) is 8.63. The first-order chi connectivity index (χ1) is 18.2. The van der Waals surface area contributed by atoms with Crippen LogP contribution in [0.3, 0.4) is 0 Å². The first kappa shape index (κ1) is 27.6. The molecule has 4 rings (SSSR count). The first-order valence-electron chi connectivity index (χ1n) is 11.7. The van der Waals surface area contributed by atoms with Crippen molar-refractivity contribution in [3.63, 3.8) is 0 Å². The van der Waals surface area contributed by atoms with E-state index in [4.69, 9.17) is 11.6 Å². The van der Waals surface area contributed by atoms with Crippen molar-refractivity contribution in [3.05, 3.63) is 129 Å². The second-order valence-electron chi connectivity index (χ2n) is 8.55. The Kier molecular flexibility index (Phi) is 8.66. The Morgan fingerprint density at radius 2 is 1.61 bits per heavy atom. The summed E-state index contributed by atoms with van der Waals surface area (Å²) in [7, 11) is -3.89. The number of hydrazone groups is 1. The highest BCUT2D eigenvalue weighted by atomic mass is 79.9. The van der Waals surface area contributed by atoms with Crippen molar-refractivity contribution in [2.75, 3.05) is 4.31 Å². The van der Waals surface area contributed by atoms with E-state index in [1.807, 2.05) is 31.2 Å². The number of rotatable bonds is 8. The Labute approximate surface area is 236 Å². The third kappa shape index (κ3) is 6.32. The van der Waals surface area contributed by atoms with Gasteiger partial charge in [0.05, 0.1) is 22.8 Å². The van der Waals surface area contributed by atoms with Gasteiger partial charge in [-0.05, 0) is 79.1 Å². The number of nitrogens with one attached hydrogen (secondary N) is 1. The topological polar surface area (TPSA) is 78.8 Å². The third-order valence-electron chi connectivity index (χ3n) is 5.95. The van der Waals surface area contributed by atoms with E-state index >= 15 is 0 Å². The second kappa shape index (κ2) is 11.9. The lowest BCUT2D eigenvalue weighted by atomic mass is 10.1. The van der Waals surface area contributed by atoms with Crippen LogP contribution in [0.25, 0.3) is 0 Å². The molecule has 0 spiro atoms. The predicted molar refractivity (Wildman–Crippen MR) is 156 cm³/mol. The predicted octanol–water partition coefficient (Wildman–Crippen LogP) is 6.96. The highest BCUT2D eigenvalue weighted by Gasteiger charge is 2.27. The van der Waals surface area contributed by atoms with Crippen LogP contribution < -0.4 is 9.73 Å². The van der Waals surface area contributed by atoms with Gasteiger partial charge < -0.3 is 0 Å². The van der Waals surface area contributed by atoms with Crippen LogP contribution in [0.2, 0.25) is 5.02 Å². The smallest absolute Gasteiger partial charge is 0.267 e. The molecule has 0 unspecified atom stereocenters. The Bertz CT molecular complexity index is 1590. The molecule has 0 aromatic heterocycles. The molecule has 194 valence electrons. The number of hydrogen-bond acceptors (Lipinski definition) is 4. The molecule has 0 atom stereocenters. The summed E-state index contributed by atoms with van der Waals surface area (Å²) in [6.07, 6.45) is 0. The summed E-state index contributed by atoms with van der Waals surface area (Å²) in [6, 6.07) is 27.8. The van der Waals surface area contributed by atoms with Gasteiger partial charge in [-0.1, -0.05) is 76.1 Å². The van der Waals surface area contributed by atoms with E-state index in [-0.39, 0.29) is 17.3 Å². The largest absolute Gasteiger partial charge is 0.271 e. The van der Waals surface area contributed by atoms with E-state index < -0.39 is 10.0 Å². The summed E-state index contributed by atoms with van der Waals surface area (Å²) in [6.45, 7) is 3.65. The number of sulfonamides is 1. The maximum atomic E-state index is 13.7. The summed E-state index contributed by atoms with van der Waals surface area (Å²) in [4.78, 5) is 12.9. The molecule has 1 amide bonds. The van der Waals surface area contributed by atoms with Crippen LogP contribution in [-0.4, -0.2) is 20.0 Å². The zero-order chi connectivity index (χ0) is 27.3. The minimum Gasteiger partial charge on any atom is -0.267 e. The molecule has 4 aromatic rings. The molecule has 0 bridgehead atoms. The average molecular weight is 611 g/mol. The molecule has 0 aliphatic rings. The summed E-state index contributed by atoms with van der Waals surface area (Å²) in [5, 5.41) is 4.68. The van der Waals surface area contributed by atoms with Crippen molar-refractivity contribution in [2.24, 2.45) is 5.10 Å². The fraction of sp³-hybridized carbons (Fsp3) is 0.103. The summed E-state index contributed by atoms with van der Waals surface area (Å²) < 4.78 is 29.6. The molecule has 0 aliphatic carbocycles. The number of amides is 1. The Balaban J connectivity index is 1.57. The molecule has 38 heavy (non-hydrogen) atoms. The van der Waals surface area contributed by atoms with Crippen LogP contribution >= 0.6 is 27.5 Å². The fourth-order valence-electron chi connectivity index (χ4n) is 3.79. The molecule has 0 radical (unpaired) electrons. The second-order valence-corrected chi connectivity index (χ2v) is 11.7. The Morgan fingerprint density at radius 3 is 2.29 bits per heavy atom. The van der Waals surface area contributed by atoms with Crippen LogP contribution in [0.1, 0.15) is 34.0 Å². The van der Waals surface area contributed by atoms with Crippen molar-refractivity contribution in [3.8, 4) is 0 Å². The number of anilines is 1. The van der Waals surface area contributed by atoms with E-state index in [0.717, 1.165) is 10.0 Å². The van der Waals surface area contributed by atoms with Gasteiger partial charge in [0.15, 0.2) is 0 Å².